The predicted molar refractivity (Wildman–Crippen MR) is 117 cm³/mol. The number of carbonyl (C=O) groups is 3. The first-order valence-electron chi connectivity index (χ1n) is 10.2. The molecular weight excluding hydrogens is 410 g/mol. The third kappa shape index (κ3) is 2.83. The van der Waals surface area contributed by atoms with Crippen molar-refractivity contribution in [3.05, 3.63) is 66.2 Å². The number of imide groups is 1. The summed E-state index contributed by atoms with van der Waals surface area (Å²) < 4.78 is 10.7. The number of hydrazone groups is 1. The van der Waals surface area contributed by atoms with Gasteiger partial charge in [-0.25, -0.2) is 4.90 Å². The van der Waals surface area contributed by atoms with Crippen molar-refractivity contribution in [2.75, 3.05) is 19.1 Å². The third-order valence-electron chi connectivity index (χ3n) is 6.25. The van der Waals surface area contributed by atoms with Gasteiger partial charge in [-0.05, 0) is 18.2 Å². The SMILES string of the molecule is COc1ccc(N2C(=O)[C@@H]3[C@H](C2=O)[C@H]2C=CC=NN2[C@@H]3C(=O)c2ccccc2)c(OC)c1. The number of nitrogens with zero attached hydrogens (tertiary/aromatic N) is 3. The summed E-state index contributed by atoms with van der Waals surface area (Å²) in [6, 6.07) is 12.3. The summed E-state index contributed by atoms with van der Waals surface area (Å²) in [5.74, 6) is -1.74. The lowest BCUT2D eigenvalue weighted by molar-refractivity contribution is -0.123. The van der Waals surface area contributed by atoms with Gasteiger partial charge in [0, 0.05) is 17.8 Å². The lowest BCUT2D eigenvalue weighted by Crippen LogP contribution is -2.46. The number of methoxy groups -OCH3 is 2. The van der Waals surface area contributed by atoms with Crippen molar-refractivity contribution in [1.82, 2.24) is 5.01 Å². The number of hydrogen-bond acceptors (Lipinski definition) is 7. The number of hydrogen-bond donors (Lipinski definition) is 0. The summed E-state index contributed by atoms with van der Waals surface area (Å²) in [6.45, 7) is 0. The Morgan fingerprint density at radius 3 is 2.44 bits per heavy atom. The zero-order valence-electron chi connectivity index (χ0n) is 17.5. The number of Topliss-reactive ketones (excluding diaryl/α,β-unsaturated/α-hetero) is 1. The number of rotatable bonds is 5. The van der Waals surface area contributed by atoms with Crippen LogP contribution in [0.15, 0.2) is 65.8 Å². The molecule has 2 saturated heterocycles. The summed E-state index contributed by atoms with van der Waals surface area (Å²) in [7, 11) is 2.99. The van der Waals surface area contributed by atoms with Crippen molar-refractivity contribution in [2.45, 2.75) is 12.1 Å². The predicted octanol–water partition coefficient (Wildman–Crippen LogP) is 2.30. The summed E-state index contributed by atoms with van der Waals surface area (Å²) >= 11 is 0. The Balaban J connectivity index is 1.59. The molecule has 162 valence electrons. The fourth-order valence-electron chi connectivity index (χ4n) is 4.82. The number of ether oxygens (including phenoxy) is 2. The van der Waals surface area contributed by atoms with Gasteiger partial charge in [0.05, 0.1) is 37.8 Å². The zero-order chi connectivity index (χ0) is 22.4. The van der Waals surface area contributed by atoms with E-state index >= 15 is 0 Å². The fourth-order valence-corrected chi connectivity index (χ4v) is 4.82. The zero-order valence-corrected chi connectivity index (χ0v) is 17.5. The standard InChI is InChI=1S/C24H21N3O5/c1-31-15-10-11-16(18(13-15)32-2)26-23(29)19-17-9-6-12-25-27(17)21(20(19)24(26)30)22(28)14-7-4-3-5-8-14/h3-13,17,19-21H,1-2H3/t17-,19-,20-,21+/m1/s1. The summed E-state index contributed by atoms with van der Waals surface area (Å²) in [4.78, 5) is 41.9. The molecule has 0 aliphatic carbocycles. The van der Waals surface area contributed by atoms with Crippen LogP contribution < -0.4 is 14.4 Å². The molecule has 3 aliphatic rings. The number of ketones is 1. The maximum absolute atomic E-state index is 13.7. The highest BCUT2D eigenvalue weighted by Gasteiger charge is 2.64. The smallest absolute Gasteiger partial charge is 0.240 e. The lowest BCUT2D eigenvalue weighted by atomic mass is 9.86. The highest BCUT2D eigenvalue weighted by Crippen LogP contribution is 2.48. The van der Waals surface area contributed by atoms with Crippen LogP contribution in [0.25, 0.3) is 0 Å². The van der Waals surface area contributed by atoms with Crippen LogP contribution in [0.3, 0.4) is 0 Å². The summed E-state index contributed by atoms with van der Waals surface area (Å²) in [5.41, 5.74) is 0.806. The number of fused-ring (bicyclic) bond motifs is 3. The minimum atomic E-state index is -0.876. The second-order valence-corrected chi connectivity index (χ2v) is 7.80. The fraction of sp³-hybridized carbons (Fsp3) is 0.250. The molecule has 8 nitrogen and oxygen atoms in total. The molecule has 2 amide bonds. The van der Waals surface area contributed by atoms with E-state index in [-0.39, 0.29) is 11.7 Å². The van der Waals surface area contributed by atoms with Crippen LogP contribution in [0, 0.1) is 11.8 Å². The molecule has 3 heterocycles. The largest absolute Gasteiger partial charge is 0.497 e. The molecule has 32 heavy (non-hydrogen) atoms. The first kappa shape index (κ1) is 20.0. The molecule has 2 aromatic carbocycles. The molecule has 0 spiro atoms. The monoisotopic (exact) mass is 431 g/mol. The topological polar surface area (TPSA) is 88.5 Å². The average Bonchev–Trinajstić information content (AvgIpc) is 3.31. The Bertz CT molecular complexity index is 1160. The Morgan fingerprint density at radius 2 is 1.72 bits per heavy atom. The van der Waals surface area contributed by atoms with E-state index < -0.39 is 29.8 Å². The molecule has 5 rings (SSSR count). The summed E-state index contributed by atoms with van der Waals surface area (Å²) in [5, 5.41) is 5.96. The van der Waals surface area contributed by atoms with Crippen molar-refractivity contribution < 1.29 is 23.9 Å². The number of anilines is 1. The van der Waals surface area contributed by atoms with E-state index in [0.717, 1.165) is 4.90 Å². The van der Waals surface area contributed by atoms with E-state index in [1.807, 2.05) is 12.1 Å². The first-order chi connectivity index (χ1) is 15.6. The van der Waals surface area contributed by atoms with Crippen LogP contribution in [-0.4, -0.2) is 55.1 Å². The molecule has 4 atom stereocenters. The van der Waals surface area contributed by atoms with Crippen LogP contribution in [0.5, 0.6) is 11.5 Å². The van der Waals surface area contributed by atoms with Crippen LogP contribution >= 0.6 is 0 Å². The highest BCUT2D eigenvalue weighted by molar-refractivity contribution is 6.25. The van der Waals surface area contributed by atoms with E-state index in [1.165, 1.54) is 14.2 Å². The Kier molecular flexibility index (Phi) is 4.77. The van der Waals surface area contributed by atoms with Crippen molar-refractivity contribution in [1.29, 1.82) is 0 Å². The molecule has 8 heteroatoms. The first-order valence-corrected chi connectivity index (χ1v) is 10.2. The molecule has 3 aliphatic heterocycles. The van der Waals surface area contributed by atoms with Gasteiger partial charge in [0.25, 0.3) is 0 Å². The molecule has 0 bridgehead atoms. The van der Waals surface area contributed by atoms with Crippen LogP contribution in [-0.2, 0) is 9.59 Å². The van der Waals surface area contributed by atoms with Gasteiger partial charge in [-0.15, -0.1) is 0 Å². The number of allylic oxidation sites excluding steroid dienone is 1. The molecule has 2 fully saturated rings. The second kappa shape index (κ2) is 7.64. The van der Waals surface area contributed by atoms with Gasteiger partial charge < -0.3 is 9.47 Å². The molecule has 0 unspecified atom stereocenters. The van der Waals surface area contributed by atoms with Crippen LogP contribution in [0.2, 0.25) is 0 Å². The maximum Gasteiger partial charge on any atom is 0.240 e. The molecule has 2 aromatic rings. The third-order valence-corrected chi connectivity index (χ3v) is 6.25. The van der Waals surface area contributed by atoms with Gasteiger partial charge in [-0.2, -0.15) is 5.10 Å². The molecule has 0 aromatic heterocycles. The molecule has 0 radical (unpaired) electrons. The minimum absolute atomic E-state index is 0.236. The highest BCUT2D eigenvalue weighted by atomic mass is 16.5. The van der Waals surface area contributed by atoms with E-state index in [9.17, 15) is 14.4 Å². The van der Waals surface area contributed by atoms with E-state index in [0.29, 0.717) is 22.7 Å². The van der Waals surface area contributed by atoms with Crippen LogP contribution in [0.1, 0.15) is 10.4 Å². The maximum atomic E-state index is 13.7. The van der Waals surface area contributed by atoms with Gasteiger partial charge >= 0.3 is 0 Å². The number of amides is 2. The summed E-state index contributed by atoms with van der Waals surface area (Å²) in [6.07, 6.45) is 5.13. The van der Waals surface area contributed by atoms with E-state index in [2.05, 4.69) is 5.10 Å². The van der Waals surface area contributed by atoms with Crippen molar-refractivity contribution in [3.8, 4) is 11.5 Å². The second-order valence-electron chi connectivity index (χ2n) is 7.80. The van der Waals surface area contributed by atoms with Crippen molar-refractivity contribution >= 4 is 29.5 Å². The Morgan fingerprint density at radius 1 is 0.969 bits per heavy atom. The Hall–Kier alpha value is -3.94. The lowest BCUT2D eigenvalue weighted by Gasteiger charge is -2.30. The Labute approximate surface area is 184 Å². The molecule has 0 N–H and O–H groups in total. The van der Waals surface area contributed by atoms with Crippen molar-refractivity contribution in [3.63, 3.8) is 0 Å². The molecule has 0 saturated carbocycles. The van der Waals surface area contributed by atoms with Gasteiger partial charge in [-0.1, -0.05) is 36.4 Å². The number of carbonyl (C=O) groups excluding carboxylic acids is 3. The van der Waals surface area contributed by atoms with Gasteiger partial charge in [0.15, 0.2) is 5.78 Å². The van der Waals surface area contributed by atoms with Gasteiger partial charge in [0.1, 0.15) is 17.5 Å². The normalized spacial score (nSPS) is 25.7. The van der Waals surface area contributed by atoms with Crippen molar-refractivity contribution in [2.24, 2.45) is 16.9 Å². The quantitative estimate of drug-likeness (QED) is 0.533. The van der Waals surface area contributed by atoms with E-state index in [1.54, 1.807) is 59.8 Å². The van der Waals surface area contributed by atoms with Gasteiger partial charge in [0.2, 0.25) is 11.8 Å². The van der Waals surface area contributed by atoms with Crippen LogP contribution in [0.4, 0.5) is 5.69 Å². The van der Waals surface area contributed by atoms with E-state index in [4.69, 9.17) is 9.47 Å². The number of benzene rings is 2. The minimum Gasteiger partial charge on any atom is -0.497 e. The molecular formula is C24H21N3O5. The van der Waals surface area contributed by atoms with Gasteiger partial charge in [-0.3, -0.25) is 19.4 Å². The average molecular weight is 431 g/mol.